The van der Waals surface area contributed by atoms with Crippen molar-refractivity contribution in [2.24, 2.45) is 0 Å². The molecule has 0 saturated carbocycles. The lowest BCUT2D eigenvalue weighted by atomic mass is 10.2. The third kappa shape index (κ3) is 2.73. The van der Waals surface area contributed by atoms with E-state index in [4.69, 9.17) is 11.6 Å². The van der Waals surface area contributed by atoms with E-state index < -0.39 is 6.43 Å². The Morgan fingerprint density at radius 3 is 2.69 bits per heavy atom. The van der Waals surface area contributed by atoms with Gasteiger partial charge in [-0.1, -0.05) is 27.5 Å². The van der Waals surface area contributed by atoms with Crippen LogP contribution in [0.5, 0.6) is 0 Å². The monoisotopic (exact) mass is 381 g/mol. The summed E-state index contributed by atoms with van der Waals surface area (Å²) < 4.78 is 25.3. The van der Waals surface area contributed by atoms with Crippen LogP contribution in [0.15, 0.2) is 6.07 Å². The Kier molecular flexibility index (Phi) is 4.31. The van der Waals surface area contributed by atoms with Crippen LogP contribution in [0.2, 0.25) is 5.15 Å². The van der Waals surface area contributed by atoms with E-state index in [0.29, 0.717) is 9.03 Å². The quantitative estimate of drug-likeness (QED) is 0.425. The summed E-state index contributed by atoms with van der Waals surface area (Å²) >= 11 is 10.7. The molecule has 0 atom stereocenters. The molecule has 0 aliphatic carbocycles. The van der Waals surface area contributed by atoms with Gasteiger partial charge in [0.15, 0.2) is 0 Å². The van der Waals surface area contributed by atoms with Crippen LogP contribution in [0.1, 0.15) is 17.6 Å². The van der Waals surface area contributed by atoms with Crippen molar-refractivity contribution in [3.05, 3.63) is 26.0 Å². The lowest BCUT2D eigenvalue weighted by molar-refractivity contribution is 0.151. The Labute approximate surface area is 101 Å². The number of aromatic nitrogens is 1. The predicted molar refractivity (Wildman–Crippen MR) is 59.6 cm³/mol. The molecule has 0 aliphatic heterocycles. The number of hydrogen-bond acceptors (Lipinski definition) is 1. The number of pyridine rings is 1. The van der Waals surface area contributed by atoms with Crippen molar-refractivity contribution in [2.75, 3.05) is 0 Å². The molecule has 13 heavy (non-hydrogen) atoms. The van der Waals surface area contributed by atoms with Gasteiger partial charge < -0.3 is 0 Å². The van der Waals surface area contributed by atoms with E-state index in [9.17, 15) is 8.78 Å². The van der Waals surface area contributed by atoms with Crippen molar-refractivity contribution in [1.82, 2.24) is 4.98 Å². The van der Waals surface area contributed by atoms with Gasteiger partial charge in [0.2, 0.25) is 0 Å². The second-order valence-electron chi connectivity index (χ2n) is 2.25. The average molecular weight is 382 g/mol. The summed E-state index contributed by atoms with van der Waals surface area (Å²) in [4.78, 5) is 3.81. The van der Waals surface area contributed by atoms with Crippen LogP contribution in [0.4, 0.5) is 8.78 Å². The SMILES string of the molecule is FC(F)c1cc(CBr)c(I)nc1Cl. The minimum Gasteiger partial charge on any atom is -0.229 e. The highest BCUT2D eigenvalue weighted by atomic mass is 127. The van der Waals surface area contributed by atoms with Crippen molar-refractivity contribution < 1.29 is 8.78 Å². The first-order valence-corrected chi connectivity index (χ1v) is 5.83. The number of hydrogen-bond donors (Lipinski definition) is 0. The Balaban J connectivity index is 3.22. The third-order valence-electron chi connectivity index (χ3n) is 1.41. The summed E-state index contributed by atoms with van der Waals surface area (Å²) in [6.45, 7) is 0. The summed E-state index contributed by atoms with van der Waals surface area (Å²) in [6, 6.07) is 1.37. The molecule has 1 rings (SSSR count). The Morgan fingerprint density at radius 2 is 2.23 bits per heavy atom. The molecule has 0 amide bonds. The highest BCUT2D eigenvalue weighted by Crippen LogP contribution is 2.28. The Hall–Kier alpha value is 0.510. The van der Waals surface area contributed by atoms with E-state index in [1.807, 2.05) is 22.6 Å². The van der Waals surface area contributed by atoms with Crippen molar-refractivity contribution in [3.63, 3.8) is 0 Å². The minimum absolute atomic E-state index is 0.121. The number of nitrogens with zero attached hydrogens (tertiary/aromatic N) is 1. The van der Waals surface area contributed by atoms with Crippen LogP contribution in [0, 0.1) is 3.70 Å². The van der Waals surface area contributed by atoms with Gasteiger partial charge in [-0.3, -0.25) is 0 Å². The fourth-order valence-electron chi connectivity index (χ4n) is 0.776. The standard InChI is InChI=1S/C7H4BrClF2IN/c8-2-3-1-4(6(10)11)5(9)13-7(3)12/h1,6H,2H2. The van der Waals surface area contributed by atoms with Crippen LogP contribution < -0.4 is 0 Å². The topological polar surface area (TPSA) is 12.9 Å². The van der Waals surface area contributed by atoms with E-state index in [1.54, 1.807) is 0 Å². The summed E-state index contributed by atoms with van der Waals surface area (Å²) in [6.07, 6.45) is -2.57. The maximum Gasteiger partial charge on any atom is 0.266 e. The normalized spacial score (nSPS) is 10.9. The molecule has 0 radical (unpaired) electrons. The molecule has 0 aliphatic rings. The molecule has 1 aromatic rings. The van der Waals surface area contributed by atoms with Gasteiger partial charge in [-0.2, -0.15) is 0 Å². The van der Waals surface area contributed by atoms with Gasteiger partial charge >= 0.3 is 0 Å². The summed E-state index contributed by atoms with van der Waals surface area (Å²) in [7, 11) is 0. The maximum absolute atomic E-state index is 12.3. The molecule has 72 valence electrons. The van der Waals surface area contributed by atoms with E-state index in [1.165, 1.54) is 6.07 Å². The van der Waals surface area contributed by atoms with E-state index in [2.05, 4.69) is 20.9 Å². The Morgan fingerprint density at radius 1 is 1.62 bits per heavy atom. The second kappa shape index (κ2) is 4.84. The van der Waals surface area contributed by atoms with Gasteiger partial charge in [-0.25, -0.2) is 13.8 Å². The van der Waals surface area contributed by atoms with E-state index in [-0.39, 0.29) is 10.7 Å². The van der Waals surface area contributed by atoms with Gasteiger partial charge in [-0.05, 0) is 34.2 Å². The molecular formula is C7H4BrClF2IN. The second-order valence-corrected chi connectivity index (χ2v) is 4.19. The molecule has 0 fully saturated rings. The highest BCUT2D eigenvalue weighted by Gasteiger charge is 2.15. The first-order valence-electron chi connectivity index (χ1n) is 3.25. The molecule has 0 saturated heterocycles. The van der Waals surface area contributed by atoms with Gasteiger partial charge in [-0.15, -0.1) is 0 Å². The summed E-state index contributed by atoms with van der Waals surface area (Å²) in [5, 5.41) is 0.374. The zero-order valence-electron chi connectivity index (χ0n) is 6.20. The fraction of sp³-hybridized carbons (Fsp3) is 0.286. The Bertz CT molecular complexity index is 322. The van der Waals surface area contributed by atoms with Gasteiger partial charge in [0.1, 0.15) is 8.85 Å². The maximum atomic E-state index is 12.3. The van der Waals surface area contributed by atoms with E-state index >= 15 is 0 Å². The van der Waals surface area contributed by atoms with Crippen LogP contribution in [0.3, 0.4) is 0 Å². The first kappa shape index (κ1) is 11.6. The van der Waals surface area contributed by atoms with Crippen LogP contribution in [0.25, 0.3) is 0 Å². The molecule has 0 N–H and O–H groups in total. The number of halogens is 5. The molecule has 1 nitrogen and oxygen atoms in total. The molecule has 1 aromatic heterocycles. The lowest BCUT2D eigenvalue weighted by Crippen LogP contribution is -1.96. The molecule has 6 heteroatoms. The molecule has 0 spiro atoms. The molecular weight excluding hydrogens is 378 g/mol. The predicted octanol–water partition coefficient (Wildman–Crippen LogP) is 4.17. The first-order chi connectivity index (χ1) is 6.06. The van der Waals surface area contributed by atoms with E-state index in [0.717, 1.165) is 5.56 Å². The summed E-state index contributed by atoms with van der Waals surface area (Å²) in [5.41, 5.74) is 0.511. The van der Waals surface area contributed by atoms with Gasteiger partial charge in [0.25, 0.3) is 6.43 Å². The van der Waals surface area contributed by atoms with Crippen molar-refractivity contribution in [3.8, 4) is 0 Å². The van der Waals surface area contributed by atoms with Crippen LogP contribution in [-0.4, -0.2) is 4.98 Å². The fourth-order valence-corrected chi connectivity index (χ4v) is 2.68. The number of alkyl halides is 3. The highest BCUT2D eigenvalue weighted by molar-refractivity contribution is 14.1. The van der Waals surface area contributed by atoms with Gasteiger partial charge in [0.05, 0.1) is 5.56 Å². The third-order valence-corrected chi connectivity index (χ3v) is 3.25. The lowest BCUT2D eigenvalue weighted by Gasteiger charge is -2.06. The zero-order chi connectivity index (χ0) is 10.0. The largest absolute Gasteiger partial charge is 0.266 e. The molecule has 0 aromatic carbocycles. The van der Waals surface area contributed by atoms with Crippen LogP contribution >= 0.6 is 50.1 Å². The number of rotatable bonds is 2. The average Bonchev–Trinajstić information content (AvgIpc) is 2.03. The minimum atomic E-state index is -2.57. The smallest absolute Gasteiger partial charge is 0.229 e. The van der Waals surface area contributed by atoms with Crippen molar-refractivity contribution in [2.45, 2.75) is 11.8 Å². The van der Waals surface area contributed by atoms with Crippen LogP contribution in [-0.2, 0) is 5.33 Å². The van der Waals surface area contributed by atoms with Crippen molar-refractivity contribution in [1.29, 1.82) is 0 Å². The van der Waals surface area contributed by atoms with Gasteiger partial charge in [0, 0.05) is 5.33 Å². The molecule has 0 bridgehead atoms. The molecule has 0 unspecified atom stereocenters. The zero-order valence-corrected chi connectivity index (χ0v) is 10.7. The summed E-state index contributed by atoms with van der Waals surface area (Å²) in [5.74, 6) is 0. The molecule has 1 heterocycles. The van der Waals surface area contributed by atoms with Crippen molar-refractivity contribution >= 4 is 50.1 Å².